The van der Waals surface area contributed by atoms with E-state index in [0.717, 1.165) is 17.0 Å². The van der Waals surface area contributed by atoms with Crippen LogP contribution in [0.1, 0.15) is 56.0 Å². The van der Waals surface area contributed by atoms with Crippen LogP contribution in [-0.2, 0) is 4.79 Å². The Bertz CT molecular complexity index is 1150. The zero-order chi connectivity index (χ0) is 23.8. The molecule has 0 bridgehead atoms. The minimum atomic E-state index is -0.602. The van der Waals surface area contributed by atoms with Gasteiger partial charge in [0.1, 0.15) is 11.6 Å². The zero-order valence-electron chi connectivity index (χ0n) is 19.6. The van der Waals surface area contributed by atoms with Crippen molar-refractivity contribution in [1.82, 2.24) is 20.2 Å². The molecule has 3 aromatic rings. The summed E-state index contributed by atoms with van der Waals surface area (Å²) in [5, 5.41) is 3.72. The number of benzene rings is 2. The fourth-order valence-electron chi connectivity index (χ4n) is 4.94. The van der Waals surface area contributed by atoms with Gasteiger partial charge in [-0.2, -0.15) is 0 Å². The van der Waals surface area contributed by atoms with Crippen LogP contribution in [-0.4, -0.2) is 45.8 Å². The molecule has 0 unspecified atom stereocenters. The van der Waals surface area contributed by atoms with E-state index in [1.165, 1.54) is 5.56 Å². The second kappa shape index (κ2) is 9.18. The van der Waals surface area contributed by atoms with E-state index in [1.54, 1.807) is 12.4 Å². The molecule has 2 aromatic carbocycles. The Labute approximate surface area is 199 Å². The summed E-state index contributed by atoms with van der Waals surface area (Å²) in [4.78, 5) is 35.9. The summed E-state index contributed by atoms with van der Waals surface area (Å²) in [5.74, 6) is -0.0228. The Hall–Kier alpha value is -2.86. The molecule has 1 fully saturated rings. The maximum Gasteiger partial charge on any atom is 0.254 e. The number of carbonyl (C=O) groups excluding carboxylic acids is 2. The normalized spacial score (nSPS) is 19.0. The van der Waals surface area contributed by atoms with Gasteiger partial charge in [0.25, 0.3) is 5.91 Å². The Morgan fingerprint density at radius 3 is 2.58 bits per heavy atom. The Morgan fingerprint density at radius 1 is 1.18 bits per heavy atom. The lowest BCUT2D eigenvalue weighted by Crippen LogP contribution is -2.55. The number of carbonyl (C=O) groups is 2. The van der Waals surface area contributed by atoms with E-state index in [2.05, 4.69) is 41.3 Å². The number of nitrogens with zero attached hydrogens (tertiary/aromatic N) is 2. The summed E-state index contributed by atoms with van der Waals surface area (Å²) in [6.07, 6.45) is 2.44. The van der Waals surface area contributed by atoms with Crippen LogP contribution in [0, 0.1) is 11.3 Å². The number of fused-ring (bicyclic) bond motifs is 1. The average Bonchev–Trinajstić information content (AvgIpc) is 3.26. The summed E-state index contributed by atoms with van der Waals surface area (Å²) in [5.41, 5.74) is 3.01. The summed E-state index contributed by atoms with van der Waals surface area (Å²) in [6.45, 7) is 9.61. The number of hydrogen-bond acceptors (Lipinski definition) is 3. The molecule has 1 aliphatic rings. The minimum absolute atomic E-state index is 0.0322. The van der Waals surface area contributed by atoms with Gasteiger partial charge < -0.3 is 15.2 Å². The highest BCUT2D eigenvalue weighted by Gasteiger charge is 2.40. The molecule has 2 atom stereocenters. The summed E-state index contributed by atoms with van der Waals surface area (Å²) >= 11 is 6.07. The number of piperidine rings is 1. The van der Waals surface area contributed by atoms with Gasteiger partial charge in [-0.15, -0.1) is 0 Å². The third-order valence-corrected chi connectivity index (χ3v) is 6.98. The van der Waals surface area contributed by atoms with Crippen molar-refractivity contribution >= 4 is 34.4 Å². The van der Waals surface area contributed by atoms with Crippen molar-refractivity contribution in [3.8, 4) is 0 Å². The Balaban J connectivity index is 1.50. The number of halogens is 1. The van der Waals surface area contributed by atoms with Crippen LogP contribution >= 0.6 is 11.6 Å². The first-order valence-electron chi connectivity index (χ1n) is 11.4. The number of imidazole rings is 1. The van der Waals surface area contributed by atoms with E-state index in [-0.39, 0.29) is 23.1 Å². The number of amides is 2. The SMILES string of the molecule is CC(C)[C@@H](NC(=O)c1cccc2[nH]cnc12)C(=O)N1CC[C@H](c2ccc(Cl)cc2)C(C)(C)C1. The minimum Gasteiger partial charge on any atom is -0.345 e. The smallest absolute Gasteiger partial charge is 0.254 e. The first-order valence-corrected chi connectivity index (χ1v) is 11.8. The highest BCUT2D eigenvalue weighted by molar-refractivity contribution is 6.30. The number of H-pyrrole nitrogens is 1. The average molecular weight is 467 g/mol. The second-order valence-electron chi connectivity index (χ2n) is 9.94. The lowest BCUT2D eigenvalue weighted by Gasteiger charge is -2.45. The van der Waals surface area contributed by atoms with Crippen molar-refractivity contribution in [3.63, 3.8) is 0 Å². The quantitative estimate of drug-likeness (QED) is 0.554. The van der Waals surface area contributed by atoms with Crippen LogP contribution in [0.5, 0.6) is 0 Å². The van der Waals surface area contributed by atoms with Gasteiger partial charge in [0, 0.05) is 18.1 Å². The van der Waals surface area contributed by atoms with Crippen LogP contribution < -0.4 is 5.32 Å². The Kier molecular flexibility index (Phi) is 6.48. The molecule has 7 heteroatoms. The summed E-state index contributed by atoms with van der Waals surface area (Å²) in [7, 11) is 0. The van der Waals surface area contributed by atoms with Crippen LogP contribution in [0.4, 0.5) is 0 Å². The molecule has 2 N–H and O–H groups in total. The molecule has 0 aliphatic carbocycles. The molecule has 1 aliphatic heterocycles. The molecule has 0 radical (unpaired) electrons. The van der Waals surface area contributed by atoms with E-state index in [9.17, 15) is 9.59 Å². The highest BCUT2D eigenvalue weighted by atomic mass is 35.5. The van der Waals surface area contributed by atoms with Gasteiger partial charge in [-0.05, 0) is 53.5 Å². The molecule has 2 heterocycles. The van der Waals surface area contributed by atoms with Gasteiger partial charge in [-0.25, -0.2) is 4.98 Å². The summed E-state index contributed by atoms with van der Waals surface area (Å²) < 4.78 is 0. The zero-order valence-corrected chi connectivity index (χ0v) is 20.3. The summed E-state index contributed by atoms with van der Waals surface area (Å²) in [6, 6.07) is 12.8. The van der Waals surface area contributed by atoms with E-state index in [1.807, 2.05) is 43.0 Å². The number of likely N-dealkylation sites (tertiary alicyclic amines) is 1. The predicted molar refractivity (Wildman–Crippen MR) is 131 cm³/mol. The maximum absolute atomic E-state index is 13.6. The van der Waals surface area contributed by atoms with Gasteiger partial charge in [0.05, 0.1) is 17.4 Å². The molecular weight excluding hydrogens is 436 g/mol. The molecule has 0 saturated carbocycles. The first-order chi connectivity index (χ1) is 15.7. The highest BCUT2D eigenvalue weighted by Crippen LogP contribution is 2.42. The largest absolute Gasteiger partial charge is 0.345 e. The number of nitrogens with one attached hydrogen (secondary N) is 2. The van der Waals surface area contributed by atoms with Crippen LogP contribution in [0.3, 0.4) is 0 Å². The fraction of sp³-hybridized carbons (Fsp3) is 0.423. The van der Waals surface area contributed by atoms with Crippen LogP contribution in [0.25, 0.3) is 11.0 Å². The topological polar surface area (TPSA) is 78.1 Å². The molecule has 4 rings (SSSR count). The van der Waals surface area contributed by atoms with Crippen molar-refractivity contribution in [1.29, 1.82) is 0 Å². The van der Waals surface area contributed by atoms with Gasteiger partial charge in [0.15, 0.2) is 0 Å². The lowest BCUT2D eigenvalue weighted by atomic mass is 9.70. The molecule has 1 saturated heterocycles. The molecule has 0 spiro atoms. The lowest BCUT2D eigenvalue weighted by molar-refractivity contribution is -0.137. The molecule has 33 heavy (non-hydrogen) atoms. The molecule has 1 aromatic heterocycles. The van der Waals surface area contributed by atoms with Crippen LogP contribution in [0.15, 0.2) is 48.8 Å². The first kappa shape index (κ1) is 23.3. The van der Waals surface area contributed by atoms with E-state index in [4.69, 9.17) is 11.6 Å². The molecular formula is C26H31ClN4O2. The molecule has 6 nitrogen and oxygen atoms in total. The number of aromatic nitrogens is 2. The maximum atomic E-state index is 13.6. The van der Waals surface area contributed by atoms with Crippen molar-refractivity contribution < 1.29 is 9.59 Å². The monoisotopic (exact) mass is 466 g/mol. The van der Waals surface area contributed by atoms with Gasteiger partial charge in [-0.3, -0.25) is 9.59 Å². The third kappa shape index (κ3) is 4.76. The second-order valence-corrected chi connectivity index (χ2v) is 10.4. The Morgan fingerprint density at radius 2 is 1.91 bits per heavy atom. The number of aromatic amines is 1. The standard InChI is InChI=1S/C26H31ClN4O2/c1-16(2)22(30-24(32)19-6-5-7-21-23(19)29-15-28-21)25(33)31-13-12-20(26(3,4)14-31)17-8-10-18(27)11-9-17/h5-11,15-16,20,22H,12-14H2,1-4H3,(H,28,29)(H,30,32)/t20-,22-/m1/s1. The van der Waals surface area contributed by atoms with Crippen molar-refractivity contribution in [2.45, 2.75) is 46.1 Å². The van der Waals surface area contributed by atoms with Crippen molar-refractivity contribution in [2.24, 2.45) is 11.3 Å². The number of para-hydroxylation sites is 1. The number of hydrogen-bond donors (Lipinski definition) is 2. The fourth-order valence-corrected chi connectivity index (χ4v) is 5.06. The van der Waals surface area contributed by atoms with Gasteiger partial charge in [0.2, 0.25) is 5.91 Å². The van der Waals surface area contributed by atoms with E-state index < -0.39 is 6.04 Å². The van der Waals surface area contributed by atoms with E-state index in [0.29, 0.717) is 30.1 Å². The molecule has 2 amide bonds. The van der Waals surface area contributed by atoms with Gasteiger partial charge in [-0.1, -0.05) is 57.5 Å². The van der Waals surface area contributed by atoms with Crippen molar-refractivity contribution in [2.75, 3.05) is 13.1 Å². The third-order valence-electron chi connectivity index (χ3n) is 6.73. The van der Waals surface area contributed by atoms with Crippen molar-refractivity contribution in [3.05, 3.63) is 64.9 Å². The number of rotatable bonds is 5. The molecule has 174 valence electrons. The predicted octanol–water partition coefficient (Wildman–Crippen LogP) is 5.01. The van der Waals surface area contributed by atoms with E-state index >= 15 is 0 Å². The van der Waals surface area contributed by atoms with Crippen LogP contribution in [0.2, 0.25) is 5.02 Å². The van der Waals surface area contributed by atoms with Gasteiger partial charge >= 0.3 is 0 Å².